The molecule has 0 saturated heterocycles. The topological polar surface area (TPSA) is 77.7 Å². The molecule has 1 spiro atoms. The highest BCUT2D eigenvalue weighted by molar-refractivity contribution is 7.80. The van der Waals surface area contributed by atoms with Gasteiger partial charge in [-0.15, -0.1) is 0 Å². The number of carbonyl (C=O) groups excluding carboxylic acids is 1. The number of hydrogen-bond acceptors (Lipinski definition) is 5. The van der Waals surface area contributed by atoms with Gasteiger partial charge in [0.15, 0.2) is 5.11 Å². The number of benzene rings is 4. The predicted molar refractivity (Wildman–Crippen MR) is 179 cm³/mol. The number of nitrogens with one attached hydrogen (secondary N) is 4. The number of amides is 1. The first-order valence-corrected chi connectivity index (χ1v) is 15.3. The summed E-state index contributed by atoms with van der Waals surface area (Å²) in [6.07, 6.45) is 0. The van der Waals surface area contributed by atoms with Crippen LogP contribution in [-0.2, 0) is 5.54 Å². The smallest absolute Gasteiger partial charge is 0.255 e. The Balaban J connectivity index is 1.48. The molecular weight excluding hydrogens is 554 g/mol. The first kappa shape index (κ1) is 28.6. The number of thiocarbonyl (C=S) groups is 1. The largest absolute Gasteiger partial charge is 0.456 e. The molecule has 7 nitrogen and oxygen atoms in total. The SMILES string of the molecule is CCNc1cc2c(cc1C)C1(c3cc(C)c(NCC)cc3O2)c2ccccc2C(=O)N1CCNC(=S)Nc1ccccc1. The summed E-state index contributed by atoms with van der Waals surface area (Å²) in [5, 5.41) is 14.0. The van der Waals surface area contributed by atoms with Crippen LogP contribution in [0.15, 0.2) is 78.9 Å². The summed E-state index contributed by atoms with van der Waals surface area (Å²) >= 11 is 5.60. The van der Waals surface area contributed by atoms with E-state index in [-0.39, 0.29) is 5.91 Å². The third-order valence-electron chi connectivity index (χ3n) is 8.24. The fourth-order valence-electron chi connectivity index (χ4n) is 6.39. The Kier molecular flexibility index (Phi) is 7.71. The Labute approximate surface area is 258 Å². The number of nitrogens with zero attached hydrogens (tertiary/aromatic N) is 1. The van der Waals surface area contributed by atoms with Gasteiger partial charge in [-0.2, -0.15) is 0 Å². The molecule has 0 aromatic heterocycles. The van der Waals surface area contributed by atoms with Crippen LogP contribution in [0.2, 0.25) is 0 Å². The van der Waals surface area contributed by atoms with Crippen LogP contribution in [0.3, 0.4) is 0 Å². The molecule has 2 aliphatic rings. The van der Waals surface area contributed by atoms with Gasteiger partial charge in [0.1, 0.15) is 17.0 Å². The van der Waals surface area contributed by atoms with Crippen molar-refractivity contribution in [2.75, 3.05) is 42.1 Å². The van der Waals surface area contributed by atoms with Crippen molar-refractivity contribution in [3.05, 3.63) is 112 Å². The lowest BCUT2D eigenvalue weighted by Crippen LogP contribution is -2.50. The van der Waals surface area contributed by atoms with E-state index >= 15 is 0 Å². The summed E-state index contributed by atoms with van der Waals surface area (Å²) in [5.41, 5.74) is 7.83. The number of aryl methyl sites for hydroxylation is 2. The molecule has 220 valence electrons. The highest BCUT2D eigenvalue weighted by Crippen LogP contribution is 2.58. The first-order chi connectivity index (χ1) is 20.9. The molecule has 8 heteroatoms. The molecule has 0 bridgehead atoms. The normalized spacial score (nSPS) is 14.0. The number of ether oxygens (including phenoxy) is 1. The van der Waals surface area contributed by atoms with Crippen LogP contribution < -0.4 is 26.0 Å². The predicted octanol–water partition coefficient (Wildman–Crippen LogP) is 7.01. The number of rotatable bonds is 8. The van der Waals surface area contributed by atoms with E-state index in [1.807, 2.05) is 53.4 Å². The van der Waals surface area contributed by atoms with Gasteiger partial charge in [0.2, 0.25) is 0 Å². The van der Waals surface area contributed by atoms with E-state index in [0.29, 0.717) is 23.8 Å². The van der Waals surface area contributed by atoms with E-state index in [0.717, 1.165) is 69.5 Å². The number of hydrogen-bond donors (Lipinski definition) is 4. The second-order valence-electron chi connectivity index (χ2n) is 10.9. The maximum absolute atomic E-state index is 14.3. The van der Waals surface area contributed by atoms with Crippen LogP contribution in [0.1, 0.15) is 52.0 Å². The van der Waals surface area contributed by atoms with Crippen LogP contribution in [0.5, 0.6) is 11.5 Å². The molecule has 4 N–H and O–H groups in total. The van der Waals surface area contributed by atoms with Crippen molar-refractivity contribution in [1.82, 2.24) is 10.2 Å². The van der Waals surface area contributed by atoms with Crippen molar-refractivity contribution < 1.29 is 9.53 Å². The average Bonchev–Trinajstić information content (AvgIpc) is 3.24. The lowest BCUT2D eigenvalue weighted by Gasteiger charge is -2.45. The van der Waals surface area contributed by atoms with Gasteiger partial charge in [0.05, 0.1) is 0 Å². The van der Waals surface area contributed by atoms with Gasteiger partial charge in [-0.1, -0.05) is 36.4 Å². The van der Waals surface area contributed by atoms with Gasteiger partial charge in [-0.25, -0.2) is 0 Å². The van der Waals surface area contributed by atoms with E-state index in [9.17, 15) is 4.79 Å². The summed E-state index contributed by atoms with van der Waals surface area (Å²) < 4.78 is 6.69. The number of anilines is 3. The van der Waals surface area contributed by atoms with E-state index in [2.05, 4.69) is 79.3 Å². The minimum atomic E-state index is -0.877. The molecule has 0 radical (unpaired) electrons. The standard InChI is InChI=1S/C35H37N5O2S/c1-5-36-29-20-31-27(18-22(29)3)35(28-19-23(4)30(37-6-2)21-32(28)42-31)26-15-11-10-14-25(26)33(41)40(35)17-16-38-34(43)39-24-12-8-7-9-13-24/h7-15,18-21,36-37H,5-6,16-17H2,1-4H3,(H2,38,39,43). The van der Waals surface area contributed by atoms with E-state index in [4.69, 9.17) is 17.0 Å². The molecule has 4 aromatic carbocycles. The highest BCUT2D eigenvalue weighted by atomic mass is 32.1. The van der Waals surface area contributed by atoms with Crippen molar-refractivity contribution in [1.29, 1.82) is 0 Å². The molecule has 1 amide bonds. The van der Waals surface area contributed by atoms with Crippen molar-refractivity contribution >= 4 is 40.3 Å². The molecule has 0 fully saturated rings. The molecule has 43 heavy (non-hydrogen) atoms. The molecule has 0 atom stereocenters. The third-order valence-corrected chi connectivity index (χ3v) is 8.48. The van der Waals surface area contributed by atoms with Crippen molar-refractivity contribution in [3.63, 3.8) is 0 Å². The fourth-order valence-corrected chi connectivity index (χ4v) is 6.61. The van der Waals surface area contributed by atoms with Gasteiger partial charge in [-0.3, -0.25) is 4.79 Å². The van der Waals surface area contributed by atoms with Crippen LogP contribution >= 0.6 is 12.2 Å². The Morgan fingerprint density at radius 3 is 2.00 bits per heavy atom. The highest BCUT2D eigenvalue weighted by Gasteiger charge is 2.56. The van der Waals surface area contributed by atoms with Gasteiger partial charge < -0.3 is 30.9 Å². The molecule has 0 unspecified atom stereocenters. The van der Waals surface area contributed by atoms with Crippen molar-refractivity contribution in [3.8, 4) is 11.5 Å². The quantitative estimate of drug-likeness (QED) is 0.164. The van der Waals surface area contributed by atoms with Crippen LogP contribution in [0.25, 0.3) is 0 Å². The van der Waals surface area contributed by atoms with Gasteiger partial charge in [0, 0.05) is 72.1 Å². The van der Waals surface area contributed by atoms with Gasteiger partial charge in [0.25, 0.3) is 5.91 Å². The molecular formula is C35H37N5O2S. The second-order valence-corrected chi connectivity index (χ2v) is 11.4. The van der Waals surface area contributed by atoms with Crippen molar-refractivity contribution in [2.45, 2.75) is 33.2 Å². The maximum atomic E-state index is 14.3. The van der Waals surface area contributed by atoms with Crippen LogP contribution in [0.4, 0.5) is 17.1 Å². The summed E-state index contributed by atoms with van der Waals surface area (Å²) in [6, 6.07) is 26.3. The average molecular weight is 592 g/mol. The zero-order valence-corrected chi connectivity index (χ0v) is 25.8. The van der Waals surface area contributed by atoms with E-state index < -0.39 is 5.54 Å². The Bertz CT molecular complexity index is 1640. The second kappa shape index (κ2) is 11.6. The van der Waals surface area contributed by atoms with E-state index in [1.165, 1.54) is 0 Å². The third kappa shape index (κ3) is 4.85. The molecule has 0 aliphatic carbocycles. The number of carbonyl (C=O) groups is 1. The molecule has 0 saturated carbocycles. The van der Waals surface area contributed by atoms with Gasteiger partial charge >= 0.3 is 0 Å². The molecule has 4 aromatic rings. The molecule has 6 rings (SSSR count). The van der Waals surface area contributed by atoms with Crippen LogP contribution in [-0.4, -0.2) is 42.1 Å². The monoisotopic (exact) mass is 591 g/mol. The molecule has 2 heterocycles. The zero-order valence-electron chi connectivity index (χ0n) is 25.0. The Morgan fingerprint density at radius 2 is 1.40 bits per heavy atom. The Morgan fingerprint density at radius 1 is 0.814 bits per heavy atom. The lowest BCUT2D eigenvalue weighted by atomic mass is 9.73. The summed E-state index contributed by atoms with van der Waals surface area (Å²) in [7, 11) is 0. The van der Waals surface area contributed by atoms with Crippen LogP contribution in [0, 0.1) is 13.8 Å². The zero-order chi connectivity index (χ0) is 30.1. The fraction of sp³-hybridized carbons (Fsp3) is 0.257. The summed E-state index contributed by atoms with van der Waals surface area (Å²) in [6.45, 7) is 10.8. The number of fused-ring (bicyclic) bond motifs is 6. The van der Waals surface area contributed by atoms with Gasteiger partial charge in [-0.05, 0) is 86.9 Å². The Hall–Kier alpha value is -4.56. The summed E-state index contributed by atoms with van der Waals surface area (Å²) in [5.74, 6) is 1.47. The van der Waals surface area contributed by atoms with E-state index in [1.54, 1.807) is 0 Å². The number of para-hydroxylation sites is 1. The molecule has 2 aliphatic heterocycles. The summed E-state index contributed by atoms with van der Waals surface area (Å²) in [4.78, 5) is 16.3. The lowest BCUT2D eigenvalue weighted by molar-refractivity contribution is 0.0670. The van der Waals surface area contributed by atoms with Crippen molar-refractivity contribution in [2.24, 2.45) is 0 Å². The minimum absolute atomic E-state index is 0.0139. The first-order valence-electron chi connectivity index (χ1n) is 14.9. The minimum Gasteiger partial charge on any atom is -0.456 e. The maximum Gasteiger partial charge on any atom is 0.255 e.